The van der Waals surface area contributed by atoms with E-state index in [1.807, 2.05) is 30.3 Å². The van der Waals surface area contributed by atoms with E-state index >= 15 is 0 Å². The van der Waals surface area contributed by atoms with Crippen LogP contribution in [0.1, 0.15) is 37.4 Å². The summed E-state index contributed by atoms with van der Waals surface area (Å²) in [7, 11) is 1.51. The van der Waals surface area contributed by atoms with Crippen LogP contribution in [0.3, 0.4) is 0 Å². The van der Waals surface area contributed by atoms with Gasteiger partial charge in [-0.25, -0.2) is 0 Å². The zero-order valence-electron chi connectivity index (χ0n) is 17.9. The van der Waals surface area contributed by atoms with Gasteiger partial charge in [0, 0.05) is 32.9 Å². The van der Waals surface area contributed by atoms with E-state index in [0.717, 1.165) is 11.1 Å². The second-order valence-corrected chi connectivity index (χ2v) is 7.82. The van der Waals surface area contributed by atoms with Crippen molar-refractivity contribution in [1.29, 1.82) is 0 Å². The van der Waals surface area contributed by atoms with Crippen LogP contribution in [0.25, 0.3) is 0 Å². The molecule has 4 rings (SSSR count). The van der Waals surface area contributed by atoms with Gasteiger partial charge < -0.3 is 19.9 Å². The molecule has 0 aliphatic carbocycles. The van der Waals surface area contributed by atoms with E-state index in [1.165, 1.54) is 13.1 Å². The molecule has 1 aliphatic heterocycles. The Balaban J connectivity index is 1.68. The van der Waals surface area contributed by atoms with Crippen LogP contribution in [-0.2, 0) is 25.9 Å². The van der Waals surface area contributed by atoms with Gasteiger partial charge in [0.1, 0.15) is 11.3 Å². The first-order valence-corrected chi connectivity index (χ1v) is 10.6. The molecule has 1 aliphatic rings. The summed E-state index contributed by atoms with van der Waals surface area (Å²) in [5, 5.41) is 12.6. The van der Waals surface area contributed by atoms with Crippen molar-refractivity contribution in [2.24, 2.45) is 0 Å². The molecular weight excluding hydrogens is 406 g/mol. The van der Waals surface area contributed by atoms with Gasteiger partial charge in [-0.15, -0.1) is 0 Å². The van der Waals surface area contributed by atoms with Crippen molar-refractivity contribution >= 4 is 11.8 Å². The minimum absolute atomic E-state index is 0.0674. The van der Waals surface area contributed by atoms with Crippen molar-refractivity contribution in [3.8, 4) is 5.75 Å². The van der Waals surface area contributed by atoms with E-state index < -0.39 is 5.91 Å². The topological polar surface area (TPSA) is 91.6 Å². The van der Waals surface area contributed by atoms with E-state index in [2.05, 4.69) is 5.32 Å². The van der Waals surface area contributed by atoms with Gasteiger partial charge in [0.05, 0.1) is 5.56 Å². The number of aromatic nitrogens is 1. The number of nitrogens with zero attached hydrogens (tertiary/aromatic N) is 2. The highest BCUT2D eigenvalue weighted by molar-refractivity contribution is 5.98. The molecule has 164 valence electrons. The molecule has 0 fully saturated rings. The number of nitrogens with one attached hydrogen (secondary N) is 1. The first-order valence-electron chi connectivity index (χ1n) is 10.6. The molecule has 0 spiro atoms. The van der Waals surface area contributed by atoms with Gasteiger partial charge in [-0.3, -0.25) is 14.4 Å². The Labute approximate surface area is 185 Å². The lowest BCUT2D eigenvalue weighted by atomic mass is 9.95. The third-order valence-corrected chi connectivity index (χ3v) is 5.83. The van der Waals surface area contributed by atoms with Crippen molar-refractivity contribution in [1.82, 2.24) is 14.8 Å². The number of benzene rings is 2. The molecule has 1 aromatic heterocycles. The predicted octanol–water partition coefficient (Wildman–Crippen LogP) is 2.35. The van der Waals surface area contributed by atoms with E-state index in [1.54, 1.807) is 33.9 Å². The van der Waals surface area contributed by atoms with Crippen molar-refractivity contribution in [2.75, 3.05) is 13.6 Å². The fourth-order valence-electron chi connectivity index (χ4n) is 4.13. The fourth-order valence-corrected chi connectivity index (χ4v) is 4.13. The van der Waals surface area contributed by atoms with Crippen molar-refractivity contribution in [2.45, 2.75) is 25.9 Å². The molecule has 2 heterocycles. The molecule has 0 saturated carbocycles. The summed E-state index contributed by atoms with van der Waals surface area (Å²) in [6, 6.07) is 16.3. The Morgan fingerprint density at radius 2 is 1.78 bits per heavy atom. The normalized spacial score (nSPS) is 12.8. The van der Waals surface area contributed by atoms with E-state index in [0.29, 0.717) is 31.5 Å². The van der Waals surface area contributed by atoms with Crippen LogP contribution in [0.4, 0.5) is 0 Å². The maximum Gasteiger partial charge on any atom is 0.263 e. The summed E-state index contributed by atoms with van der Waals surface area (Å²) in [6.07, 6.45) is 2.80. The molecule has 0 bridgehead atoms. The molecule has 32 heavy (non-hydrogen) atoms. The average molecular weight is 431 g/mol. The Hall–Kier alpha value is -3.87. The number of hydrogen-bond donors (Lipinski definition) is 2. The highest BCUT2D eigenvalue weighted by Crippen LogP contribution is 2.25. The first-order chi connectivity index (χ1) is 15.5. The number of aryl methyl sites for hydroxylation is 2. The largest absolute Gasteiger partial charge is 0.507 e. The highest BCUT2D eigenvalue weighted by atomic mass is 16.3. The van der Waals surface area contributed by atoms with Gasteiger partial charge >= 0.3 is 0 Å². The van der Waals surface area contributed by atoms with Crippen molar-refractivity contribution in [3.63, 3.8) is 0 Å². The molecular formula is C25H25N3O4. The van der Waals surface area contributed by atoms with Crippen LogP contribution in [0.5, 0.6) is 5.75 Å². The lowest BCUT2D eigenvalue weighted by molar-refractivity contribution is 0.0731. The predicted molar refractivity (Wildman–Crippen MR) is 121 cm³/mol. The lowest BCUT2D eigenvalue weighted by Gasteiger charge is -2.30. The number of para-hydroxylation sites is 1. The van der Waals surface area contributed by atoms with Crippen LogP contribution in [0, 0.1) is 0 Å². The number of rotatable bonds is 5. The number of hydrogen-bond acceptors (Lipinski definition) is 4. The van der Waals surface area contributed by atoms with Crippen LogP contribution in [-0.4, -0.2) is 40.0 Å². The molecule has 2 amide bonds. The van der Waals surface area contributed by atoms with E-state index in [9.17, 15) is 19.5 Å². The number of phenolic OH excluding ortho intramolecular Hbond substituents is 1. The van der Waals surface area contributed by atoms with Crippen LogP contribution in [0.2, 0.25) is 0 Å². The van der Waals surface area contributed by atoms with Gasteiger partial charge in [-0.1, -0.05) is 42.5 Å². The molecule has 0 radical (unpaired) electrons. The summed E-state index contributed by atoms with van der Waals surface area (Å²) >= 11 is 0. The number of fused-ring (bicyclic) bond motifs is 1. The Morgan fingerprint density at radius 1 is 1.06 bits per heavy atom. The summed E-state index contributed by atoms with van der Waals surface area (Å²) in [4.78, 5) is 40.3. The molecule has 7 nitrogen and oxygen atoms in total. The summed E-state index contributed by atoms with van der Waals surface area (Å²) in [5.41, 5.74) is 2.61. The Kier molecular flexibility index (Phi) is 6.07. The minimum atomic E-state index is -0.416. The molecule has 3 aromatic rings. The standard InChI is InChI=1S/C25H25N3O4/c1-26-23(30)22-19-12-14-27(24(31)20-9-5-6-10-21(20)29)15-18(19)16-28(25(22)32)13-11-17-7-3-2-4-8-17/h2-10,16,29H,11-15H2,1H3,(H,26,30). The van der Waals surface area contributed by atoms with E-state index in [-0.39, 0.29) is 34.9 Å². The van der Waals surface area contributed by atoms with Gasteiger partial charge in [-0.05, 0) is 41.7 Å². The Morgan fingerprint density at radius 3 is 2.50 bits per heavy atom. The monoisotopic (exact) mass is 431 g/mol. The smallest absolute Gasteiger partial charge is 0.263 e. The summed E-state index contributed by atoms with van der Waals surface area (Å²) in [5.74, 6) is -0.764. The molecule has 0 saturated heterocycles. The first kappa shape index (κ1) is 21.4. The number of pyridine rings is 1. The van der Waals surface area contributed by atoms with Crippen molar-refractivity contribution in [3.05, 3.63) is 99.0 Å². The fraction of sp³-hybridized carbons (Fsp3) is 0.240. The molecule has 2 aromatic carbocycles. The van der Waals surface area contributed by atoms with Crippen molar-refractivity contribution < 1.29 is 14.7 Å². The molecule has 0 unspecified atom stereocenters. The van der Waals surface area contributed by atoms with Gasteiger partial charge in [0.2, 0.25) is 0 Å². The minimum Gasteiger partial charge on any atom is -0.507 e. The summed E-state index contributed by atoms with van der Waals surface area (Å²) < 4.78 is 1.56. The zero-order chi connectivity index (χ0) is 22.7. The quantitative estimate of drug-likeness (QED) is 0.649. The van der Waals surface area contributed by atoms with Gasteiger partial charge in [-0.2, -0.15) is 0 Å². The van der Waals surface area contributed by atoms with Gasteiger partial charge in [0.25, 0.3) is 17.4 Å². The van der Waals surface area contributed by atoms with Crippen LogP contribution in [0.15, 0.2) is 65.6 Å². The molecule has 7 heteroatoms. The second kappa shape index (κ2) is 9.09. The lowest BCUT2D eigenvalue weighted by Crippen LogP contribution is -2.41. The zero-order valence-corrected chi connectivity index (χ0v) is 17.9. The maximum atomic E-state index is 13.1. The van der Waals surface area contributed by atoms with Gasteiger partial charge in [0.15, 0.2) is 0 Å². The number of phenols is 1. The second-order valence-electron chi connectivity index (χ2n) is 7.82. The maximum absolute atomic E-state index is 13.1. The van der Waals surface area contributed by atoms with Crippen LogP contribution < -0.4 is 10.9 Å². The Bertz CT molecular complexity index is 1220. The molecule has 0 atom stereocenters. The SMILES string of the molecule is CNC(=O)c1c2c(cn(CCc3ccccc3)c1=O)CN(C(=O)c1ccccc1O)CC2. The van der Waals surface area contributed by atoms with E-state index in [4.69, 9.17) is 0 Å². The number of carbonyl (C=O) groups excluding carboxylic acids is 2. The van der Waals surface area contributed by atoms with Crippen LogP contribution >= 0.6 is 0 Å². The summed E-state index contributed by atoms with van der Waals surface area (Å²) in [6.45, 7) is 1.04. The third kappa shape index (κ3) is 4.14. The number of carbonyl (C=O) groups is 2. The molecule has 2 N–H and O–H groups in total. The third-order valence-electron chi connectivity index (χ3n) is 5.83. The number of aromatic hydroxyl groups is 1. The number of amides is 2. The average Bonchev–Trinajstić information content (AvgIpc) is 2.82. The highest BCUT2D eigenvalue weighted by Gasteiger charge is 2.28.